The van der Waals surface area contributed by atoms with Crippen LogP contribution in [0.25, 0.3) is 0 Å². The average molecular weight is 258 g/mol. The van der Waals surface area contributed by atoms with Crippen LogP contribution in [0.15, 0.2) is 47.4 Å². The lowest BCUT2D eigenvalue weighted by Gasteiger charge is -2.05. The quantitative estimate of drug-likeness (QED) is 0.676. The number of thioether (sulfide) groups is 1. The molecule has 0 aromatic heterocycles. The van der Waals surface area contributed by atoms with Crippen LogP contribution in [0.4, 0.5) is 10.1 Å². The number of benzene rings is 2. The average Bonchev–Trinajstić information content (AvgIpc) is 2.40. The number of nitrogen functional groups attached to an aromatic ring is 1. The SMILES string of the molecule is N#Cc1cccc(CSc2cc(F)ccc2N)c1. The maximum absolute atomic E-state index is 13.1. The molecule has 2 aromatic carbocycles. The van der Waals surface area contributed by atoms with E-state index in [2.05, 4.69) is 6.07 Å². The van der Waals surface area contributed by atoms with Crippen molar-refractivity contribution in [3.63, 3.8) is 0 Å². The van der Waals surface area contributed by atoms with E-state index in [4.69, 9.17) is 11.0 Å². The van der Waals surface area contributed by atoms with E-state index in [-0.39, 0.29) is 5.82 Å². The molecular formula is C14H11FN2S. The van der Waals surface area contributed by atoms with Crippen LogP contribution < -0.4 is 5.73 Å². The predicted octanol–water partition coefficient (Wildman–Crippen LogP) is 3.57. The molecule has 0 aliphatic heterocycles. The van der Waals surface area contributed by atoms with Crippen molar-refractivity contribution >= 4 is 17.4 Å². The van der Waals surface area contributed by atoms with Gasteiger partial charge in [-0.25, -0.2) is 4.39 Å². The predicted molar refractivity (Wildman–Crippen MR) is 71.5 cm³/mol. The fourth-order valence-corrected chi connectivity index (χ4v) is 2.46. The first-order chi connectivity index (χ1) is 8.69. The summed E-state index contributed by atoms with van der Waals surface area (Å²) >= 11 is 1.46. The summed E-state index contributed by atoms with van der Waals surface area (Å²) in [5, 5.41) is 8.80. The second-order valence-electron chi connectivity index (χ2n) is 3.78. The third-order valence-corrected chi connectivity index (χ3v) is 3.57. The lowest BCUT2D eigenvalue weighted by atomic mass is 10.2. The molecule has 0 amide bonds. The lowest BCUT2D eigenvalue weighted by molar-refractivity contribution is 0.624. The van der Waals surface area contributed by atoms with Gasteiger partial charge in [0.25, 0.3) is 0 Å². The minimum Gasteiger partial charge on any atom is -0.398 e. The second kappa shape index (κ2) is 5.56. The zero-order valence-corrected chi connectivity index (χ0v) is 10.4. The van der Waals surface area contributed by atoms with Crippen molar-refractivity contribution in [1.29, 1.82) is 5.26 Å². The van der Waals surface area contributed by atoms with E-state index >= 15 is 0 Å². The van der Waals surface area contributed by atoms with Crippen LogP contribution >= 0.6 is 11.8 Å². The standard InChI is InChI=1S/C14H11FN2S/c15-12-4-5-13(17)14(7-12)18-9-11-3-1-2-10(6-11)8-16/h1-7H,9,17H2. The molecule has 0 saturated heterocycles. The van der Waals surface area contributed by atoms with E-state index in [1.807, 2.05) is 18.2 Å². The summed E-state index contributed by atoms with van der Waals surface area (Å²) in [6, 6.07) is 13.8. The van der Waals surface area contributed by atoms with Crippen LogP contribution in [-0.2, 0) is 5.75 Å². The first-order valence-corrected chi connectivity index (χ1v) is 6.34. The zero-order valence-electron chi connectivity index (χ0n) is 9.56. The van der Waals surface area contributed by atoms with E-state index in [0.29, 0.717) is 17.0 Å². The number of hydrogen-bond donors (Lipinski definition) is 1. The molecule has 0 spiro atoms. The first kappa shape index (κ1) is 12.5. The monoisotopic (exact) mass is 258 g/mol. The Bertz CT molecular complexity index is 605. The van der Waals surface area contributed by atoms with Crippen LogP contribution in [0, 0.1) is 17.1 Å². The number of nitrogens with two attached hydrogens (primary N) is 1. The molecule has 2 N–H and O–H groups in total. The van der Waals surface area contributed by atoms with Gasteiger partial charge in [0.2, 0.25) is 0 Å². The maximum atomic E-state index is 13.1. The summed E-state index contributed by atoms with van der Waals surface area (Å²) < 4.78 is 13.1. The molecule has 18 heavy (non-hydrogen) atoms. The highest BCUT2D eigenvalue weighted by Crippen LogP contribution is 2.28. The first-order valence-electron chi connectivity index (χ1n) is 5.36. The Labute approximate surface area is 109 Å². The number of nitriles is 1. The van der Waals surface area contributed by atoms with E-state index < -0.39 is 0 Å². The van der Waals surface area contributed by atoms with Crippen molar-refractivity contribution in [3.05, 3.63) is 59.4 Å². The van der Waals surface area contributed by atoms with Crippen molar-refractivity contribution in [2.45, 2.75) is 10.6 Å². The van der Waals surface area contributed by atoms with Gasteiger partial charge in [-0.3, -0.25) is 0 Å². The van der Waals surface area contributed by atoms with Crippen LogP contribution in [-0.4, -0.2) is 0 Å². The summed E-state index contributed by atoms with van der Waals surface area (Å²) in [6.45, 7) is 0. The molecule has 0 unspecified atom stereocenters. The summed E-state index contributed by atoms with van der Waals surface area (Å²) in [4.78, 5) is 0.720. The molecule has 2 rings (SSSR count). The molecule has 0 bridgehead atoms. The fraction of sp³-hybridized carbons (Fsp3) is 0.0714. The zero-order chi connectivity index (χ0) is 13.0. The highest BCUT2D eigenvalue weighted by molar-refractivity contribution is 7.98. The highest BCUT2D eigenvalue weighted by Gasteiger charge is 2.03. The van der Waals surface area contributed by atoms with Crippen molar-refractivity contribution in [2.75, 3.05) is 5.73 Å². The lowest BCUT2D eigenvalue weighted by Crippen LogP contribution is -1.90. The smallest absolute Gasteiger partial charge is 0.124 e. The normalized spacial score (nSPS) is 10.0. The molecule has 0 fully saturated rings. The van der Waals surface area contributed by atoms with Crippen LogP contribution in [0.2, 0.25) is 0 Å². The van der Waals surface area contributed by atoms with E-state index in [1.54, 1.807) is 12.1 Å². The molecule has 4 heteroatoms. The molecule has 2 aromatic rings. The number of halogens is 1. The highest BCUT2D eigenvalue weighted by atomic mass is 32.2. The Hall–Kier alpha value is -1.99. The number of hydrogen-bond acceptors (Lipinski definition) is 3. The molecule has 0 atom stereocenters. The van der Waals surface area contributed by atoms with Gasteiger partial charge in [-0.15, -0.1) is 11.8 Å². The largest absolute Gasteiger partial charge is 0.398 e. The third kappa shape index (κ3) is 3.02. The summed E-state index contributed by atoms with van der Waals surface area (Å²) in [7, 11) is 0. The maximum Gasteiger partial charge on any atom is 0.124 e. The molecular weight excluding hydrogens is 247 g/mol. The Morgan fingerprint density at radius 1 is 1.22 bits per heavy atom. The number of nitrogens with zero attached hydrogens (tertiary/aromatic N) is 1. The van der Waals surface area contributed by atoms with Gasteiger partial charge >= 0.3 is 0 Å². The van der Waals surface area contributed by atoms with Crippen molar-refractivity contribution in [3.8, 4) is 6.07 Å². The summed E-state index contributed by atoms with van der Waals surface area (Å²) in [6.07, 6.45) is 0. The molecule has 2 nitrogen and oxygen atoms in total. The minimum atomic E-state index is -0.294. The van der Waals surface area contributed by atoms with E-state index in [1.165, 1.54) is 23.9 Å². The van der Waals surface area contributed by atoms with Gasteiger partial charge in [0.05, 0.1) is 11.6 Å². The van der Waals surface area contributed by atoms with Gasteiger partial charge in [0.1, 0.15) is 5.82 Å². The van der Waals surface area contributed by atoms with Crippen molar-refractivity contribution < 1.29 is 4.39 Å². The van der Waals surface area contributed by atoms with E-state index in [9.17, 15) is 4.39 Å². The van der Waals surface area contributed by atoms with Gasteiger partial charge in [-0.1, -0.05) is 12.1 Å². The van der Waals surface area contributed by atoms with Crippen molar-refractivity contribution in [1.82, 2.24) is 0 Å². The Morgan fingerprint density at radius 2 is 2.06 bits per heavy atom. The molecule has 0 aliphatic carbocycles. The summed E-state index contributed by atoms with van der Waals surface area (Å²) in [5.41, 5.74) is 7.98. The Morgan fingerprint density at radius 3 is 2.83 bits per heavy atom. The second-order valence-corrected chi connectivity index (χ2v) is 4.80. The molecule has 0 saturated carbocycles. The van der Waals surface area contributed by atoms with Crippen LogP contribution in [0.3, 0.4) is 0 Å². The topological polar surface area (TPSA) is 49.8 Å². The fourth-order valence-electron chi connectivity index (χ4n) is 1.52. The van der Waals surface area contributed by atoms with Crippen molar-refractivity contribution in [2.24, 2.45) is 0 Å². The molecule has 0 radical (unpaired) electrons. The van der Waals surface area contributed by atoms with Gasteiger partial charge < -0.3 is 5.73 Å². The minimum absolute atomic E-state index is 0.294. The van der Waals surface area contributed by atoms with Gasteiger partial charge in [0.15, 0.2) is 0 Å². The van der Waals surface area contributed by atoms with Crippen LogP contribution in [0.5, 0.6) is 0 Å². The number of anilines is 1. The number of rotatable bonds is 3. The molecule has 90 valence electrons. The van der Waals surface area contributed by atoms with Gasteiger partial charge in [0, 0.05) is 16.3 Å². The summed E-state index contributed by atoms with van der Waals surface area (Å²) in [5.74, 6) is 0.362. The third-order valence-electron chi connectivity index (χ3n) is 2.43. The van der Waals surface area contributed by atoms with Gasteiger partial charge in [-0.05, 0) is 35.9 Å². The Balaban J connectivity index is 2.11. The van der Waals surface area contributed by atoms with E-state index in [0.717, 1.165) is 10.5 Å². The molecule has 0 heterocycles. The van der Waals surface area contributed by atoms with Gasteiger partial charge in [-0.2, -0.15) is 5.26 Å². The Kier molecular flexibility index (Phi) is 3.85. The molecule has 0 aliphatic rings. The van der Waals surface area contributed by atoms with Crippen LogP contribution in [0.1, 0.15) is 11.1 Å².